The number of carbonyl (C=O) groups excluding carboxylic acids is 5. The number of nitrogens with zero attached hydrogens (tertiary/aromatic N) is 6. The van der Waals surface area contributed by atoms with Crippen molar-refractivity contribution in [2.45, 2.75) is 65.0 Å². The molecule has 1 saturated carbocycles. The van der Waals surface area contributed by atoms with Crippen molar-refractivity contribution in [1.29, 1.82) is 0 Å². The zero-order valence-electron chi connectivity index (χ0n) is 32.4. The lowest BCUT2D eigenvalue weighted by atomic mass is 9.81. The summed E-state index contributed by atoms with van der Waals surface area (Å²) in [6.45, 7) is 14.0. The monoisotopic (exact) mass is 795 g/mol. The van der Waals surface area contributed by atoms with Crippen molar-refractivity contribution in [1.82, 2.24) is 24.9 Å². The van der Waals surface area contributed by atoms with Gasteiger partial charge in [-0.1, -0.05) is 53.8 Å². The highest BCUT2D eigenvalue weighted by Gasteiger charge is 2.46. The molecule has 1 aromatic heterocycles. The van der Waals surface area contributed by atoms with Gasteiger partial charge in [0.25, 0.3) is 11.8 Å². The fraction of sp³-hybridized carbons (Fsp3) is 0.356. The minimum Gasteiger partial charge on any atom is -0.367 e. The normalized spacial score (nSPS) is 20.7. The van der Waals surface area contributed by atoms with Crippen molar-refractivity contribution in [3.05, 3.63) is 111 Å². The highest BCUT2D eigenvalue weighted by molar-refractivity contribution is 6.33. The van der Waals surface area contributed by atoms with E-state index in [1.165, 1.54) is 0 Å². The molecule has 8 rings (SSSR count). The van der Waals surface area contributed by atoms with Crippen LogP contribution in [0, 0.1) is 44.1 Å². The summed E-state index contributed by atoms with van der Waals surface area (Å²) in [5, 5.41) is 7.53. The van der Waals surface area contributed by atoms with Gasteiger partial charge >= 0.3 is 0 Å². The van der Waals surface area contributed by atoms with Crippen molar-refractivity contribution >= 4 is 52.5 Å². The van der Waals surface area contributed by atoms with Crippen LogP contribution in [0.5, 0.6) is 0 Å². The summed E-state index contributed by atoms with van der Waals surface area (Å²) in [5.74, 6) is 5.05. The van der Waals surface area contributed by atoms with Crippen molar-refractivity contribution in [2.75, 3.05) is 31.1 Å². The molecule has 12 nitrogen and oxygen atoms in total. The third-order valence-corrected chi connectivity index (χ3v) is 12.3. The molecular formula is C45H42ClN7O5. The van der Waals surface area contributed by atoms with E-state index < -0.39 is 29.7 Å². The number of imide groups is 2. The predicted octanol–water partition coefficient (Wildman–Crippen LogP) is 6.33. The molecule has 4 aliphatic rings. The number of rotatable bonds is 6. The molecule has 3 fully saturated rings. The van der Waals surface area contributed by atoms with Gasteiger partial charge in [0.05, 0.1) is 35.6 Å². The van der Waals surface area contributed by atoms with Gasteiger partial charge in [0.15, 0.2) is 0 Å². The topological polar surface area (TPSA) is 129 Å². The largest absolute Gasteiger partial charge is 0.367 e. The first-order valence-corrected chi connectivity index (χ1v) is 20.1. The number of fused-ring (bicyclic) bond motifs is 1. The average molecular weight is 796 g/mol. The maximum absolute atomic E-state index is 13.6. The standard InChI is InChI=1S/C45H42ClN7O5/c1-27-28(2)52(49-41(27)33-17-18-36(47-3)35(46)25-33)26-31-11-9-29(10-12-31)7-8-30-13-15-32(16-14-30)43(56)51-23-21-50(22-24-51)37-6-4-5-34-40(37)45(58)53(44(34)57)38-19-20-39(54)48-42(38)55/h4-6,9-12,17-18,25,30,32,38H,13-16,19-24,26H2,1-2H3,(H,48,54,55). The van der Waals surface area contributed by atoms with E-state index in [9.17, 15) is 24.0 Å². The molecule has 2 saturated heterocycles. The Hall–Kier alpha value is -6.24. The molecule has 0 radical (unpaired) electrons. The third kappa shape index (κ3) is 7.36. The molecule has 0 spiro atoms. The van der Waals surface area contributed by atoms with E-state index in [0.29, 0.717) is 49.1 Å². The van der Waals surface area contributed by atoms with Crippen molar-refractivity contribution < 1.29 is 24.0 Å². The van der Waals surface area contributed by atoms with E-state index in [2.05, 4.69) is 41.1 Å². The van der Waals surface area contributed by atoms with Gasteiger partial charge in [-0.15, -0.1) is 0 Å². The van der Waals surface area contributed by atoms with Crippen molar-refractivity contribution in [3.63, 3.8) is 0 Å². The molecular weight excluding hydrogens is 754 g/mol. The second-order valence-corrected chi connectivity index (χ2v) is 15.9. The fourth-order valence-corrected chi connectivity index (χ4v) is 8.75. The number of piperidine rings is 1. The van der Waals surface area contributed by atoms with Crippen LogP contribution in [0.3, 0.4) is 0 Å². The van der Waals surface area contributed by atoms with Crippen molar-refractivity contribution in [3.8, 4) is 23.1 Å². The van der Waals surface area contributed by atoms with E-state index >= 15 is 0 Å². The SMILES string of the molecule is [C-]#[N+]c1ccc(-c2nn(Cc3ccc(C#CC4CCC(C(=O)N5CCN(c6cccc7c6C(=O)N(C6CCC(=O)NC6=O)C7=O)CC5)CC4)cc3)c(C)c2C)cc1Cl. The van der Waals surface area contributed by atoms with Gasteiger partial charge in [0.1, 0.15) is 6.04 Å². The lowest BCUT2D eigenvalue weighted by Gasteiger charge is -2.39. The van der Waals surface area contributed by atoms with E-state index in [0.717, 1.165) is 64.2 Å². The summed E-state index contributed by atoms with van der Waals surface area (Å²) in [6.07, 6.45) is 3.47. The molecule has 294 valence electrons. The minimum absolute atomic E-state index is 0.0452. The van der Waals surface area contributed by atoms with Crippen LogP contribution >= 0.6 is 11.6 Å². The molecule has 58 heavy (non-hydrogen) atoms. The number of halogens is 1. The zero-order chi connectivity index (χ0) is 40.7. The Morgan fingerprint density at radius 2 is 1.67 bits per heavy atom. The van der Waals surface area contributed by atoms with Crippen LogP contribution in [0.25, 0.3) is 16.1 Å². The molecule has 1 unspecified atom stereocenters. The highest BCUT2D eigenvalue weighted by Crippen LogP contribution is 2.36. The summed E-state index contributed by atoms with van der Waals surface area (Å²) in [6, 6.07) is 17.8. The molecule has 13 heteroatoms. The van der Waals surface area contributed by atoms with E-state index in [4.69, 9.17) is 23.3 Å². The quantitative estimate of drug-likeness (QED) is 0.137. The smallest absolute Gasteiger partial charge is 0.264 e. The first kappa shape index (κ1) is 38.6. The van der Waals surface area contributed by atoms with Crippen LogP contribution < -0.4 is 10.2 Å². The third-order valence-electron chi connectivity index (χ3n) is 12.0. The van der Waals surface area contributed by atoms with Crippen LogP contribution in [-0.4, -0.2) is 81.3 Å². The number of amides is 5. The van der Waals surface area contributed by atoms with Crippen LogP contribution in [0.1, 0.15) is 81.6 Å². The molecule has 1 N–H and O–H groups in total. The lowest BCUT2D eigenvalue weighted by Crippen LogP contribution is -2.54. The molecule has 1 aliphatic carbocycles. The average Bonchev–Trinajstić information content (AvgIpc) is 3.66. The second-order valence-electron chi connectivity index (χ2n) is 15.5. The molecule has 3 aromatic carbocycles. The Kier molecular flexibility index (Phi) is 10.6. The number of anilines is 1. The molecule has 3 aliphatic heterocycles. The van der Waals surface area contributed by atoms with Crippen LogP contribution in [0.2, 0.25) is 5.02 Å². The second kappa shape index (κ2) is 16.0. The lowest BCUT2D eigenvalue weighted by molar-refractivity contribution is -0.137. The Bertz CT molecular complexity index is 2460. The zero-order valence-corrected chi connectivity index (χ0v) is 33.1. The molecule has 4 heterocycles. The number of hydrogen-bond acceptors (Lipinski definition) is 7. The number of carbonyl (C=O) groups is 5. The first-order valence-electron chi connectivity index (χ1n) is 19.7. The Balaban J connectivity index is 0.826. The van der Waals surface area contributed by atoms with Gasteiger partial charge in [-0.2, -0.15) is 5.10 Å². The number of hydrogen-bond donors (Lipinski definition) is 1. The first-order chi connectivity index (χ1) is 28.0. The maximum atomic E-state index is 13.6. The summed E-state index contributed by atoms with van der Waals surface area (Å²) < 4.78 is 1.99. The summed E-state index contributed by atoms with van der Waals surface area (Å²) in [7, 11) is 0. The molecule has 5 amide bonds. The number of nitrogens with one attached hydrogen (secondary N) is 1. The molecule has 1 atom stereocenters. The molecule has 0 bridgehead atoms. The van der Waals surface area contributed by atoms with Gasteiger partial charge in [-0.25, -0.2) is 4.85 Å². The van der Waals surface area contributed by atoms with Crippen LogP contribution in [0.15, 0.2) is 60.7 Å². The fourth-order valence-electron chi connectivity index (χ4n) is 8.53. The maximum Gasteiger partial charge on any atom is 0.264 e. The summed E-state index contributed by atoms with van der Waals surface area (Å²) in [4.78, 5) is 73.2. The van der Waals surface area contributed by atoms with E-state index in [1.807, 2.05) is 45.7 Å². The minimum atomic E-state index is -1.02. The van der Waals surface area contributed by atoms with Gasteiger partial charge < -0.3 is 9.80 Å². The number of aromatic nitrogens is 2. The highest BCUT2D eigenvalue weighted by atomic mass is 35.5. The van der Waals surface area contributed by atoms with E-state index in [-0.39, 0.29) is 41.7 Å². The van der Waals surface area contributed by atoms with Gasteiger partial charge in [-0.05, 0) is 87.4 Å². The Labute approximate surface area is 341 Å². The van der Waals surface area contributed by atoms with Crippen LogP contribution in [0.4, 0.5) is 11.4 Å². The van der Waals surface area contributed by atoms with Gasteiger partial charge in [0, 0.05) is 66.3 Å². The Morgan fingerprint density at radius 3 is 2.36 bits per heavy atom. The van der Waals surface area contributed by atoms with Gasteiger partial charge in [0.2, 0.25) is 23.4 Å². The summed E-state index contributed by atoms with van der Waals surface area (Å²) >= 11 is 6.30. The number of benzene rings is 3. The molecule has 4 aromatic rings. The summed E-state index contributed by atoms with van der Waals surface area (Å²) in [5.41, 5.74) is 7.49. The van der Waals surface area contributed by atoms with Crippen LogP contribution in [-0.2, 0) is 20.9 Å². The number of piperazine rings is 1. The predicted molar refractivity (Wildman–Crippen MR) is 218 cm³/mol. The van der Waals surface area contributed by atoms with Crippen molar-refractivity contribution in [2.24, 2.45) is 11.8 Å². The van der Waals surface area contributed by atoms with E-state index in [1.54, 1.807) is 24.3 Å². The Morgan fingerprint density at radius 1 is 0.931 bits per heavy atom. The van der Waals surface area contributed by atoms with Gasteiger partial charge in [-0.3, -0.25) is 38.9 Å².